The van der Waals surface area contributed by atoms with E-state index < -0.39 is 0 Å². The van der Waals surface area contributed by atoms with Crippen LogP contribution in [0.1, 0.15) is 28.2 Å². The van der Waals surface area contributed by atoms with Gasteiger partial charge >= 0.3 is 0 Å². The van der Waals surface area contributed by atoms with Gasteiger partial charge in [-0.25, -0.2) is 0 Å². The molecule has 0 radical (unpaired) electrons. The number of benzene rings is 1. The summed E-state index contributed by atoms with van der Waals surface area (Å²) in [5.74, 6) is 0.0540. The topological polar surface area (TPSA) is 46.3 Å². The molecule has 2 aromatic heterocycles. The van der Waals surface area contributed by atoms with E-state index in [1.165, 1.54) is 9.40 Å². The molecular formula is C16H16N2OS2. The monoisotopic (exact) mass is 316 g/mol. The normalized spacial score (nSPS) is 12.5. The zero-order valence-electron chi connectivity index (χ0n) is 11.9. The van der Waals surface area contributed by atoms with Crippen LogP contribution in [0.2, 0.25) is 0 Å². The molecule has 3 rings (SSSR count). The number of hydrogen-bond donors (Lipinski definition) is 1. The van der Waals surface area contributed by atoms with Crippen molar-refractivity contribution in [2.24, 2.45) is 0 Å². The Kier molecular flexibility index (Phi) is 3.69. The van der Waals surface area contributed by atoms with Crippen LogP contribution in [0.5, 0.6) is 0 Å². The second kappa shape index (κ2) is 5.50. The lowest BCUT2D eigenvalue weighted by Gasteiger charge is -2.25. The van der Waals surface area contributed by atoms with Gasteiger partial charge in [-0.1, -0.05) is 12.1 Å². The van der Waals surface area contributed by atoms with E-state index in [1.54, 1.807) is 27.6 Å². The Bertz CT molecular complexity index is 762. The number of carbonyl (C=O) groups excluding carboxylic acids is 1. The van der Waals surface area contributed by atoms with Crippen LogP contribution < -0.4 is 5.73 Å². The highest BCUT2D eigenvalue weighted by atomic mass is 32.1. The molecule has 1 aromatic carbocycles. The van der Waals surface area contributed by atoms with Crippen molar-refractivity contribution in [2.75, 3.05) is 12.8 Å². The molecule has 108 valence electrons. The van der Waals surface area contributed by atoms with E-state index >= 15 is 0 Å². The van der Waals surface area contributed by atoms with Gasteiger partial charge in [0.25, 0.3) is 5.91 Å². The highest BCUT2D eigenvalue weighted by molar-refractivity contribution is 7.27. The molecule has 5 heteroatoms. The van der Waals surface area contributed by atoms with Gasteiger partial charge in [0.2, 0.25) is 0 Å². The molecule has 0 aliphatic rings. The molecule has 0 spiro atoms. The van der Waals surface area contributed by atoms with E-state index in [0.29, 0.717) is 0 Å². The number of carbonyl (C=O) groups is 1. The molecule has 1 unspecified atom stereocenters. The number of nitrogen functional groups attached to an aromatic ring is 1. The number of fused-ring (bicyclic) bond motifs is 1. The fourth-order valence-electron chi connectivity index (χ4n) is 2.26. The molecule has 2 heterocycles. The number of rotatable bonds is 3. The van der Waals surface area contributed by atoms with Crippen LogP contribution in [0, 0.1) is 0 Å². The lowest BCUT2D eigenvalue weighted by atomic mass is 10.1. The van der Waals surface area contributed by atoms with Gasteiger partial charge in [-0.05, 0) is 42.1 Å². The molecule has 2 N–H and O–H groups in total. The van der Waals surface area contributed by atoms with E-state index in [0.717, 1.165) is 16.1 Å². The summed E-state index contributed by atoms with van der Waals surface area (Å²) in [5.41, 5.74) is 7.59. The van der Waals surface area contributed by atoms with Crippen LogP contribution in [-0.4, -0.2) is 17.9 Å². The average molecular weight is 316 g/mol. The zero-order valence-corrected chi connectivity index (χ0v) is 13.5. The molecule has 1 atom stereocenters. The van der Waals surface area contributed by atoms with Gasteiger partial charge in [-0.2, -0.15) is 0 Å². The number of amides is 1. The molecular weight excluding hydrogens is 300 g/mol. The first-order valence-corrected chi connectivity index (χ1v) is 8.35. The van der Waals surface area contributed by atoms with Crippen molar-refractivity contribution in [1.29, 1.82) is 0 Å². The number of anilines is 1. The van der Waals surface area contributed by atoms with Crippen molar-refractivity contribution in [1.82, 2.24) is 4.90 Å². The van der Waals surface area contributed by atoms with Crippen molar-refractivity contribution in [3.63, 3.8) is 0 Å². The van der Waals surface area contributed by atoms with Crippen molar-refractivity contribution in [3.8, 4) is 0 Å². The van der Waals surface area contributed by atoms with Crippen LogP contribution in [0.15, 0.2) is 41.8 Å². The summed E-state index contributed by atoms with van der Waals surface area (Å²) in [6.45, 7) is 2.02. The summed E-state index contributed by atoms with van der Waals surface area (Å²) < 4.78 is 2.35. The fourth-order valence-corrected chi connectivity index (χ4v) is 4.35. The van der Waals surface area contributed by atoms with Gasteiger partial charge in [0.15, 0.2) is 0 Å². The third-order valence-corrected chi connectivity index (χ3v) is 5.73. The largest absolute Gasteiger partial charge is 0.399 e. The zero-order chi connectivity index (χ0) is 15.0. The summed E-state index contributed by atoms with van der Waals surface area (Å²) in [6, 6.07) is 11.7. The summed E-state index contributed by atoms with van der Waals surface area (Å²) >= 11 is 3.22. The summed E-state index contributed by atoms with van der Waals surface area (Å²) in [4.78, 5) is 15.2. The number of nitrogens with zero attached hydrogens (tertiary/aromatic N) is 1. The molecule has 0 saturated heterocycles. The molecule has 0 aliphatic heterocycles. The van der Waals surface area contributed by atoms with Crippen molar-refractivity contribution in [3.05, 3.63) is 52.2 Å². The van der Waals surface area contributed by atoms with E-state index in [9.17, 15) is 4.79 Å². The van der Waals surface area contributed by atoms with E-state index in [4.69, 9.17) is 5.73 Å². The minimum absolute atomic E-state index is 0.0128. The highest BCUT2D eigenvalue weighted by Crippen LogP contribution is 2.32. The minimum atomic E-state index is -0.0128. The number of thiophene rings is 2. The van der Waals surface area contributed by atoms with Gasteiger partial charge in [0.1, 0.15) is 0 Å². The van der Waals surface area contributed by atoms with Crippen LogP contribution in [-0.2, 0) is 0 Å². The SMILES string of the molecule is CC(c1cccc(N)c1)N(C)C(=O)c1cc2sccc2s1. The molecule has 1 amide bonds. The third-order valence-electron chi connectivity index (χ3n) is 3.64. The summed E-state index contributed by atoms with van der Waals surface area (Å²) in [6.07, 6.45) is 0. The van der Waals surface area contributed by atoms with Crippen LogP contribution in [0.3, 0.4) is 0 Å². The quantitative estimate of drug-likeness (QED) is 0.729. The van der Waals surface area contributed by atoms with E-state index in [2.05, 4.69) is 11.4 Å². The van der Waals surface area contributed by atoms with Gasteiger partial charge in [0, 0.05) is 22.1 Å². The standard InChI is InChI=1S/C16H16N2OS2/c1-10(11-4-3-5-12(17)8-11)18(2)16(19)15-9-14-13(21-15)6-7-20-14/h3-10H,17H2,1-2H3. The molecule has 3 nitrogen and oxygen atoms in total. The second-order valence-corrected chi connectivity index (χ2v) is 7.05. The number of nitrogens with two attached hydrogens (primary N) is 1. The molecule has 0 bridgehead atoms. The van der Waals surface area contributed by atoms with E-state index in [-0.39, 0.29) is 11.9 Å². The van der Waals surface area contributed by atoms with Crippen molar-refractivity contribution in [2.45, 2.75) is 13.0 Å². The smallest absolute Gasteiger partial charge is 0.264 e. The molecule has 3 aromatic rings. The minimum Gasteiger partial charge on any atom is -0.399 e. The average Bonchev–Trinajstić information content (AvgIpc) is 3.06. The van der Waals surface area contributed by atoms with Gasteiger partial charge in [-0.15, -0.1) is 22.7 Å². The summed E-state index contributed by atoms with van der Waals surface area (Å²) in [5, 5.41) is 2.05. The second-order valence-electron chi connectivity index (χ2n) is 5.02. The Balaban J connectivity index is 1.85. The Morgan fingerprint density at radius 2 is 2.05 bits per heavy atom. The molecule has 0 fully saturated rings. The summed E-state index contributed by atoms with van der Waals surface area (Å²) in [7, 11) is 1.84. The molecule has 0 aliphatic carbocycles. The van der Waals surface area contributed by atoms with Crippen molar-refractivity contribution >= 4 is 43.7 Å². The molecule has 21 heavy (non-hydrogen) atoms. The molecule has 0 saturated carbocycles. The lowest BCUT2D eigenvalue weighted by Crippen LogP contribution is -2.29. The van der Waals surface area contributed by atoms with Crippen LogP contribution in [0.4, 0.5) is 5.69 Å². The van der Waals surface area contributed by atoms with Gasteiger partial charge in [0.05, 0.1) is 10.9 Å². The Morgan fingerprint density at radius 3 is 2.76 bits per heavy atom. The van der Waals surface area contributed by atoms with Crippen LogP contribution in [0.25, 0.3) is 9.40 Å². The number of hydrogen-bond acceptors (Lipinski definition) is 4. The highest BCUT2D eigenvalue weighted by Gasteiger charge is 2.21. The van der Waals surface area contributed by atoms with Crippen LogP contribution >= 0.6 is 22.7 Å². The van der Waals surface area contributed by atoms with Gasteiger partial charge < -0.3 is 10.6 Å². The maximum atomic E-state index is 12.6. The lowest BCUT2D eigenvalue weighted by molar-refractivity contribution is 0.0747. The van der Waals surface area contributed by atoms with Crippen molar-refractivity contribution < 1.29 is 4.79 Å². The third kappa shape index (κ3) is 2.66. The Morgan fingerprint density at radius 1 is 1.24 bits per heavy atom. The van der Waals surface area contributed by atoms with Gasteiger partial charge in [-0.3, -0.25) is 4.79 Å². The first-order valence-electron chi connectivity index (χ1n) is 6.66. The van der Waals surface area contributed by atoms with E-state index in [1.807, 2.05) is 44.3 Å². The maximum Gasteiger partial charge on any atom is 0.264 e. The predicted octanol–water partition coefficient (Wildman–Crippen LogP) is 4.38. The maximum absolute atomic E-state index is 12.6. The first-order chi connectivity index (χ1) is 10.1. The Labute approximate surface area is 131 Å². The fraction of sp³-hybridized carbons (Fsp3) is 0.188. The Hall–Kier alpha value is -1.85. The first kappa shape index (κ1) is 14.1. The predicted molar refractivity (Wildman–Crippen MR) is 91.1 cm³/mol.